The molecule has 18 atom stereocenters. The Labute approximate surface area is 312 Å². The number of hydrogen-bond donors (Lipinski definition) is 7. The molecule has 302 valence electrons. The molecule has 0 aromatic rings. The predicted molar refractivity (Wildman–Crippen MR) is 188 cm³/mol. The summed E-state index contributed by atoms with van der Waals surface area (Å²) in [5.41, 5.74) is -7.23. The maximum atomic E-state index is 13.5. The number of aliphatic carboxylic acids is 1. The van der Waals surface area contributed by atoms with Crippen LogP contribution in [0.15, 0.2) is 0 Å². The summed E-state index contributed by atoms with van der Waals surface area (Å²) in [5.74, 6) is -8.00. The number of esters is 2. The fraction of sp³-hybridized carbons (Fsp3) is 0.923. The maximum Gasteiger partial charge on any atom is 0.338 e. The largest absolute Gasteiger partial charge is 0.481 e. The Morgan fingerprint density at radius 1 is 1.04 bits per heavy atom. The van der Waals surface area contributed by atoms with Gasteiger partial charge in [0.15, 0.2) is 17.8 Å². The van der Waals surface area contributed by atoms with Crippen molar-refractivity contribution in [3.63, 3.8) is 0 Å². The lowest BCUT2D eigenvalue weighted by molar-refractivity contribution is -0.300. The highest BCUT2D eigenvalue weighted by Crippen LogP contribution is 2.77. The molecular formula is C39H63NO13. The van der Waals surface area contributed by atoms with E-state index in [9.17, 15) is 40.2 Å². The number of aliphatic hydroxyl groups excluding tert-OH is 2. The van der Waals surface area contributed by atoms with Gasteiger partial charge in [-0.25, -0.2) is 4.79 Å². The van der Waals surface area contributed by atoms with Crippen LogP contribution in [0.4, 0.5) is 0 Å². The third kappa shape index (κ3) is 5.74. The van der Waals surface area contributed by atoms with Gasteiger partial charge in [0, 0.05) is 49.2 Å². The van der Waals surface area contributed by atoms with E-state index in [1.54, 1.807) is 20.8 Å². The maximum absolute atomic E-state index is 13.5. The lowest BCUT2D eigenvalue weighted by Crippen LogP contribution is -2.77. The summed E-state index contributed by atoms with van der Waals surface area (Å²) >= 11 is 0. The van der Waals surface area contributed by atoms with Crippen LogP contribution in [0, 0.1) is 46.8 Å². The van der Waals surface area contributed by atoms with E-state index in [4.69, 9.17) is 24.1 Å². The average molecular weight is 754 g/mol. The normalized spacial score (nSPS) is 51.2. The molecule has 3 heterocycles. The third-order valence-electron chi connectivity index (χ3n) is 15.4. The van der Waals surface area contributed by atoms with Crippen molar-refractivity contribution in [2.45, 2.75) is 165 Å². The summed E-state index contributed by atoms with van der Waals surface area (Å²) in [6.45, 7) is 14.9. The molecule has 14 nitrogen and oxygen atoms in total. The van der Waals surface area contributed by atoms with Gasteiger partial charge in [-0.3, -0.25) is 14.5 Å². The zero-order valence-corrected chi connectivity index (χ0v) is 32.5. The summed E-state index contributed by atoms with van der Waals surface area (Å²) in [4.78, 5) is 37.9. The van der Waals surface area contributed by atoms with Crippen LogP contribution in [-0.4, -0.2) is 130 Å². The fourth-order valence-corrected chi connectivity index (χ4v) is 12.5. The van der Waals surface area contributed by atoms with Gasteiger partial charge in [0.2, 0.25) is 5.79 Å². The number of aliphatic hydroxyl groups is 6. The Balaban J connectivity index is 0.00000114. The molecule has 7 aliphatic rings. The van der Waals surface area contributed by atoms with E-state index in [0.717, 1.165) is 26.3 Å². The van der Waals surface area contributed by atoms with Gasteiger partial charge < -0.3 is 50.0 Å². The highest BCUT2D eigenvalue weighted by molar-refractivity contribution is 5.79. The van der Waals surface area contributed by atoms with E-state index in [1.807, 2.05) is 13.8 Å². The summed E-state index contributed by atoms with van der Waals surface area (Å²) < 4.78 is 18.9. The third-order valence-corrected chi connectivity index (χ3v) is 15.4. The zero-order valence-electron chi connectivity index (χ0n) is 32.5. The van der Waals surface area contributed by atoms with Crippen molar-refractivity contribution < 1.29 is 64.3 Å². The minimum atomic E-state index is -2.02. The smallest absolute Gasteiger partial charge is 0.338 e. The Kier molecular flexibility index (Phi) is 10.3. The predicted octanol–water partition coefficient (Wildman–Crippen LogP) is 1.59. The standard InChI is InChI=1S/C37H59NO11.C2H4O2/c1-8-19(4)30(41)48-29-27(40)26-20(17-38-16-18(3)10-11-24(38)34(26,7)44)21-15-35-28(36(21,29)45)22(39)14-23-32(35,5)13-12-25(37(23,46)49-35)47-31(42)33(6,43)9-2;1-2(3)4/h18-29,39-40,43-46H,8-17H2,1-7H3;1H3,(H,3,4)/t18-,19+,20-,21-,22+,23-,24-,25-,26+,27+,28+,29-,32-,33-,34+,35+,36-,37+;/m0./s1. The molecule has 3 aliphatic heterocycles. The van der Waals surface area contributed by atoms with Crippen molar-refractivity contribution in [3.8, 4) is 0 Å². The number of carboxylic acid groups (broad SMARTS) is 1. The van der Waals surface area contributed by atoms with Crippen LogP contribution in [0.1, 0.15) is 107 Å². The van der Waals surface area contributed by atoms with Gasteiger partial charge in [0.1, 0.15) is 5.60 Å². The molecule has 7 N–H and O–H groups in total. The van der Waals surface area contributed by atoms with Crippen molar-refractivity contribution in [2.24, 2.45) is 46.8 Å². The quantitative estimate of drug-likeness (QED) is 0.192. The lowest BCUT2D eigenvalue weighted by Gasteiger charge is -2.64. The highest BCUT2D eigenvalue weighted by Gasteiger charge is 2.87. The van der Waals surface area contributed by atoms with Gasteiger partial charge >= 0.3 is 11.9 Å². The van der Waals surface area contributed by atoms with E-state index in [0.29, 0.717) is 25.3 Å². The molecule has 0 amide bonds. The molecule has 3 saturated heterocycles. The van der Waals surface area contributed by atoms with E-state index >= 15 is 0 Å². The summed E-state index contributed by atoms with van der Waals surface area (Å²) in [6.07, 6.45) is -2.06. The van der Waals surface area contributed by atoms with Crippen LogP contribution >= 0.6 is 0 Å². The van der Waals surface area contributed by atoms with Gasteiger partial charge in [-0.15, -0.1) is 0 Å². The van der Waals surface area contributed by atoms with E-state index in [-0.39, 0.29) is 31.7 Å². The SMILES string of the molecule is CC(=O)O.CC[C@@H](C)C(=O)O[C@H]1[C@H](O)[C@H]2[C@@H](CN3C[C@@H](C)CC[C@H]3[C@@]2(C)O)[C@@H]2C[C@]34O[C@@]5(O)[C@@H](OC(=O)[C@@](C)(O)CC)CC[C@@]3(C)[C@@H]5C[C@@H](O)[C@H]4[C@@]21O. The van der Waals surface area contributed by atoms with Crippen molar-refractivity contribution >= 4 is 17.9 Å². The molecule has 4 bridgehead atoms. The minimum Gasteiger partial charge on any atom is -0.481 e. The van der Waals surface area contributed by atoms with Crippen LogP contribution in [0.2, 0.25) is 0 Å². The van der Waals surface area contributed by atoms with Crippen LogP contribution in [0.25, 0.3) is 0 Å². The number of fused-ring (bicyclic) bond motifs is 5. The Morgan fingerprint density at radius 2 is 1.68 bits per heavy atom. The number of hydrogen-bond acceptors (Lipinski definition) is 13. The number of nitrogens with zero attached hydrogens (tertiary/aromatic N) is 1. The summed E-state index contributed by atoms with van der Waals surface area (Å²) in [7, 11) is 0. The second-order valence-corrected chi connectivity index (χ2v) is 18.5. The fourth-order valence-electron chi connectivity index (χ4n) is 12.5. The number of carboxylic acids is 1. The minimum absolute atomic E-state index is 0.0202. The molecule has 7 fully saturated rings. The molecular weight excluding hydrogens is 690 g/mol. The van der Waals surface area contributed by atoms with Crippen LogP contribution in [0.3, 0.4) is 0 Å². The van der Waals surface area contributed by atoms with Crippen LogP contribution in [0.5, 0.6) is 0 Å². The van der Waals surface area contributed by atoms with Gasteiger partial charge in [-0.05, 0) is 83.0 Å². The Bertz CT molecular complexity index is 1450. The highest BCUT2D eigenvalue weighted by atomic mass is 16.7. The van der Waals surface area contributed by atoms with Crippen molar-refractivity contribution in [1.82, 2.24) is 4.90 Å². The number of ether oxygens (including phenoxy) is 3. The Morgan fingerprint density at radius 3 is 2.28 bits per heavy atom. The zero-order chi connectivity index (χ0) is 39.4. The van der Waals surface area contributed by atoms with Crippen LogP contribution < -0.4 is 0 Å². The lowest BCUT2D eigenvalue weighted by atomic mass is 9.49. The number of rotatable bonds is 6. The molecule has 0 radical (unpaired) electrons. The van der Waals surface area contributed by atoms with Crippen molar-refractivity contribution in [3.05, 3.63) is 0 Å². The van der Waals surface area contributed by atoms with Gasteiger partial charge in [-0.1, -0.05) is 34.6 Å². The molecule has 0 aromatic carbocycles. The molecule has 7 rings (SSSR count). The second kappa shape index (κ2) is 13.3. The van der Waals surface area contributed by atoms with Crippen LogP contribution in [-0.2, 0) is 28.6 Å². The van der Waals surface area contributed by atoms with E-state index in [2.05, 4.69) is 11.8 Å². The number of piperidine rings is 2. The monoisotopic (exact) mass is 753 g/mol. The molecule has 4 saturated carbocycles. The molecule has 0 aromatic heterocycles. The molecule has 4 aliphatic carbocycles. The first kappa shape index (κ1) is 40.7. The summed E-state index contributed by atoms with van der Waals surface area (Å²) in [5, 5.41) is 80.8. The first-order valence-corrected chi connectivity index (χ1v) is 19.8. The first-order valence-electron chi connectivity index (χ1n) is 19.8. The van der Waals surface area contributed by atoms with Crippen molar-refractivity contribution in [2.75, 3.05) is 13.1 Å². The molecule has 0 unspecified atom stereocenters. The topological polar surface area (TPSA) is 224 Å². The van der Waals surface area contributed by atoms with E-state index in [1.165, 1.54) is 6.92 Å². The first-order chi connectivity index (χ1) is 24.5. The van der Waals surface area contributed by atoms with Gasteiger partial charge in [0.25, 0.3) is 5.97 Å². The van der Waals surface area contributed by atoms with Gasteiger partial charge in [-0.2, -0.15) is 0 Å². The average Bonchev–Trinajstić information content (AvgIpc) is 3.35. The molecule has 1 spiro atoms. The van der Waals surface area contributed by atoms with E-state index < -0.39 is 111 Å². The number of carbonyl (C=O) groups excluding carboxylic acids is 2. The number of carbonyl (C=O) groups is 3. The van der Waals surface area contributed by atoms with Crippen molar-refractivity contribution in [1.29, 1.82) is 0 Å². The molecule has 53 heavy (non-hydrogen) atoms. The summed E-state index contributed by atoms with van der Waals surface area (Å²) in [6, 6.07) is -0.218. The second-order valence-electron chi connectivity index (χ2n) is 18.5. The molecule has 14 heteroatoms. The Hall–Kier alpha value is -1.91. The van der Waals surface area contributed by atoms with Gasteiger partial charge in [0.05, 0.1) is 29.3 Å².